The van der Waals surface area contributed by atoms with E-state index in [1.807, 2.05) is 37.3 Å². The quantitative estimate of drug-likeness (QED) is 0.270. The van der Waals surface area contributed by atoms with Gasteiger partial charge < -0.3 is 19.9 Å². The Labute approximate surface area is 210 Å². The minimum Gasteiger partial charge on any atom is -0.494 e. The molecule has 1 amide bonds. The number of carbonyl (C=O) groups excluding carboxylic acids is 1. The van der Waals surface area contributed by atoms with Gasteiger partial charge in [-0.3, -0.25) is 9.59 Å². The normalized spacial score (nSPS) is 13.6. The minimum absolute atomic E-state index is 0.0289. The second-order valence-electron chi connectivity index (χ2n) is 9.40. The van der Waals surface area contributed by atoms with E-state index in [2.05, 4.69) is 32.2 Å². The first-order valence-corrected chi connectivity index (χ1v) is 12.7. The average molecular weight is 484 g/mol. The Balaban J connectivity index is 0.000000402. The third-order valence-electron chi connectivity index (χ3n) is 6.26. The van der Waals surface area contributed by atoms with E-state index in [4.69, 9.17) is 14.6 Å². The van der Waals surface area contributed by atoms with Gasteiger partial charge in [0.05, 0.1) is 19.1 Å². The van der Waals surface area contributed by atoms with Crippen molar-refractivity contribution in [2.45, 2.75) is 72.8 Å². The zero-order valence-electron chi connectivity index (χ0n) is 21.6. The number of ether oxygens (including phenoxy) is 2. The maximum Gasteiger partial charge on any atom is 0.306 e. The topological polar surface area (TPSA) is 84.9 Å². The first kappa shape index (κ1) is 28.4. The number of rotatable bonds is 11. The molecule has 0 atom stereocenters. The molecule has 0 bridgehead atoms. The molecule has 35 heavy (non-hydrogen) atoms. The summed E-state index contributed by atoms with van der Waals surface area (Å²) in [7, 11) is 0. The van der Waals surface area contributed by atoms with Crippen molar-refractivity contribution in [1.82, 2.24) is 0 Å². The second kappa shape index (κ2) is 15.2. The van der Waals surface area contributed by atoms with Crippen molar-refractivity contribution in [3.05, 3.63) is 47.5 Å². The molecule has 2 aromatic rings. The maximum absolute atomic E-state index is 10.8. The van der Waals surface area contributed by atoms with Crippen molar-refractivity contribution < 1.29 is 24.2 Å². The zero-order valence-corrected chi connectivity index (χ0v) is 21.6. The van der Waals surface area contributed by atoms with Crippen LogP contribution in [-0.4, -0.2) is 30.7 Å². The number of anilines is 1. The number of benzene rings is 2. The van der Waals surface area contributed by atoms with Crippen molar-refractivity contribution in [2.75, 3.05) is 18.5 Å². The van der Waals surface area contributed by atoms with Gasteiger partial charge in [-0.05, 0) is 79.5 Å². The van der Waals surface area contributed by atoms with Crippen LogP contribution in [0.1, 0.15) is 70.4 Å². The van der Waals surface area contributed by atoms with E-state index in [-0.39, 0.29) is 5.92 Å². The number of amides is 1. The van der Waals surface area contributed by atoms with Crippen LogP contribution in [0.25, 0.3) is 11.1 Å². The molecule has 3 rings (SSSR count). The molecule has 1 saturated carbocycles. The first-order valence-electron chi connectivity index (χ1n) is 12.7. The molecule has 0 radical (unpaired) electrons. The largest absolute Gasteiger partial charge is 0.494 e. The molecule has 6 heteroatoms. The number of nitrogens with one attached hydrogen (secondary N) is 1. The van der Waals surface area contributed by atoms with Gasteiger partial charge in [-0.1, -0.05) is 51.3 Å². The van der Waals surface area contributed by atoms with E-state index in [0.717, 1.165) is 72.4 Å². The fourth-order valence-corrected chi connectivity index (χ4v) is 4.20. The number of carboxylic acid groups (broad SMARTS) is 1. The molecule has 192 valence electrons. The van der Waals surface area contributed by atoms with Crippen LogP contribution in [0.15, 0.2) is 36.4 Å². The lowest BCUT2D eigenvalue weighted by Gasteiger charge is -2.16. The molecule has 0 spiro atoms. The van der Waals surface area contributed by atoms with Crippen molar-refractivity contribution in [3.63, 3.8) is 0 Å². The minimum atomic E-state index is -0.602. The van der Waals surface area contributed by atoms with Gasteiger partial charge in [0, 0.05) is 12.3 Å². The summed E-state index contributed by atoms with van der Waals surface area (Å²) in [5.41, 5.74) is 5.15. The van der Waals surface area contributed by atoms with Crippen LogP contribution in [0.5, 0.6) is 5.75 Å². The van der Waals surface area contributed by atoms with E-state index in [9.17, 15) is 9.59 Å². The third-order valence-corrected chi connectivity index (χ3v) is 6.26. The lowest BCUT2D eigenvalue weighted by Crippen LogP contribution is -2.16. The molecule has 1 aliphatic carbocycles. The number of aliphatic carboxylic acids is 1. The Hall–Kier alpha value is -2.86. The highest BCUT2D eigenvalue weighted by atomic mass is 16.5. The maximum atomic E-state index is 10.8. The summed E-state index contributed by atoms with van der Waals surface area (Å²) in [6.45, 7) is 10.3. The molecule has 0 unspecified atom stereocenters. The predicted octanol–water partition coefficient (Wildman–Crippen LogP) is 6.84. The SMILES string of the molecule is CCOc1cccc(-c2ccc(NC=O)cc2COCCC(C)C)c1C.O=C(O)C1CCCCC1. The van der Waals surface area contributed by atoms with E-state index in [1.54, 1.807) is 0 Å². The number of carbonyl (C=O) groups is 2. The summed E-state index contributed by atoms with van der Waals surface area (Å²) in [5.74, 6) is 0.878. The Bertz CT molecular complexity index is 935. The Morgan fingerprint density at radius 1 is 1.14 bits per heavy atom. The summed E-state index contributed by atoms with van der Waals surface area (Å²) in [6.07, 6.45) is 6.96. The van der Waals surface area contributed by atoms with Crippen LogP contribution in [-0.2, 0) is 20.9 Å². The zero-order chi connectivity index (χ0) is 25.6. The van der Waals surface area contributed by atoms with Gasteiger partial charge in [0.15, 0.2) is 0 Å². The monoisotopic (exact) mass is 483 g/mol. The number of hydrogen-bond donors (Lipinski definition) is 2. The van der Waals surface area contributed by atoms with Crippen LogP contribution in [0, 0.1) is 18.8 Å². The summed E-state index contributed by atoms with van der Waals surface area (Å²) >= 11 is 0. The molecule has 0 saturated heterocycles. The number of carboxylic acids is 1. The van der Waals surface area contributed by atoms with Crippen molar-refractivity contribution in [2.24, 2.45) is 11.8 Å². The molecule has 1 aliphatic rings. The molecule has 2 N–H and O–H groups in total. The van der Waals surface area contributed by atoms with Crippen LogP contribution in [0.4, 0.5) is 5.69 Å². The molecule has 0 aromatic heterocycles. The highest BCUT2D eigenvalue weighted by molar-refractivity contribution is 5.78. The lowest BCUT2D eigenvalue weighted by molar-refractivity contribution is -0.142. The standard InChI is InChI=1S/C22H29NO3.C7H12O2/c1-5-26-22-8-6-7-20(17(22)4)21-10-9-19(23-15-24)13-18(21)14-25-12-11-16(2)3;8-7(9)6-4-2-1-3-5-6/h6-10,13,15-16H,5,11-12,14H2,1-4H3,(H,23,24);6H,1-5H2,(H,8,9). The summed E-state index contributed by atoms with van der Waals surface area (Å²) in [6, 6.07) is 12.0. The number of hydrogen-bond acceptors (Lipinski definition) is 4. The lowest BCUT2D eigenvalue weighted by atomic mass is 9.90. The Morgan fingerprint density at radius 3 is 2.49 bits per heavy atom. The summed E-state index contributed by atoms with van der Waals surface area (Å²) in [5, 5.41) is 11.3. The van der Waals surface area contributed by atoms with E-state index < -0.39 is 5.97 Å². The second-order valence-corrected chi connectivity index (χ2v) is 9.40. The molecule has 2 aromatic carbocycles. The molecule has 1 fully saturated rings. The van der Waals surface area contributed by atoms with Gasteiger partial charge in [0.2, 0.25) is 6.41 Å². The molecule has 0 aliphatic heterocycles. The highest BCUT2D eigenvalue weighted by Crippen LogP contribution is 2.34. The van der Waals surface area contributed by atoms with Gasteiger partial charge in [-0.2, -0.15) is 0 Å². The van der Waals surface area contributed by atoms with Crippen molar-refractivity contribution in [3.8, 4) is 16.9 Å². The molecule has 0 heterocycles. The smallest absolute Gasteiger partial charge is 0.306 e. The van der Waals surface area contributed by atoms with E-state index in [0.29, 0.717) is 25.5 Å². The van der Waals surface area contributed by atoms with Crippen molar-refractivity contribution in [1.29, 1.82) is 0 Å². The van der Waals surface area contributed by atoms with Crippen LogP contribution in [0.2, 0.25) is 0 Å². The molecule has 6 nitrogen and oxygen atoms in total. The highest BCUT2D eigenvalue weighted by Gasteiger charge is 2.19. The van der Waals surface area contributed by atoms with E-state index in [1.165, 1.54) is 6.42 Å². The Morgan fingerprint density at radius 2 is 1.89 bits per heavy atom. The third kappa shape index (κ3) is 9.36. The van der Waals surface area contributed by atoms with E-state index >= 15 is 0 Å². The van der Waals surface area contributed by atoms with Crippen LogP contribution >= 0.6 is 0 Å². The summed E-state index contributed by atoms with van der Waals surface area (Å²) in [4.78, 5) is 21.1. The van der Waals surface area contributed by atoms with Crippen LogP contribution < -0.4 is 10.1 Å². The van der Waals surface area contributed by atoms with Gasteiger partial charge in [0.25, 0.3) is 0 Å². The van der Waals surface area contributed by atoms with Crippen LogP contribution in [0.3, 0.4) is 0 Å². The predicted molar refractivity (Wildman–Crippen MR) is 141 cm³/mol. The van der Waals surface area contributed by atoms with Gasteiger partial charge in [-0.25, -0.2) is 0 Å². The van der Waals surface area contributed by atoms with Gasteiger partial charge in [-0.15, -0.1) is 0 Å². The molecular weight excluding hydrogens is 442 g/mol. The van der Waals surface area contributed by atoms with Gasteiger partial charge >= 0.3 is 5.97 Å². The fraction of sp³-hybridized carbons (Fsp3) is 0.517. The van der Waals surface area contributed by atoms with Crippen molar-refractivity contribution >= 4 is 18.1 Å². The fourth-order valence-electron chi connectivity index (χ4n) is 4.20. The van der Waals surface area contributed by atoms with Gasteiger partial charge in [0.1, 0.15) is 5.75 Å². The summed E-state index contributed by atoms with van der Waals surface area (Å²) < 4.78 is 11.6. The Kier molecular flexibility index (Phi) is 12.3. The first-order chi connectivity index (χ1) is 16.9. The molecular formula is C29H41NO5. The average Bonchev–Trinajstić information content (AvgIpc) is 2.85.